The van der Waals surface area contributed by atoms with E-state index in [1.165, 1.54) is 4.90 Å². The molecule has 0 aromatic heterocycles. The van der Waals surface area contributed by atoms with Crippen LogP contribution in [-0.2, 0) is 28.7 Å². The van der Waals surface area contributed by atoms with Gasteiger partial charge in [-0.1, -0.05) is 84.6 Å². The maximum Gasteiger partial charge on any atom is 0.306 e. The standard InChI is InChI=1S/C36H48BrN3O7/c1-4-7-18-28(42)46-22-27(23-14-10-8-11-15-23)38-33(43)29-30-34(44)40(24(6-3)21-41)32(36(30)20-26(37)31(29)47-36)35(45)39(19-5-2)25-16-12-9-13-17-25/h4-5,8,10-11,14-15,24-27,29-32,41H,1-2,6-7,9,12-13,16-22H2,3H3,(H,38,43)/t24-,26?,27+,29-,30+,31-,32-,36+/m0/s1. The number of nitrogens with zero attached hydrogens (tertiary/aromatic N) is 2. The summed E-state index contributed by atoms with van der Waals surface area (Å²) in [5, 5.41) is 13.5. The molecule has 10 nitrogen and oxygen atoms in total. The number of rotatable bonds is 15. The summed E-state index contributed by atoms with van der Waals surface area (Å²) in [6.07, 6.45) is 9.12. The number of esters is 1. The largest absolute Gasteiger partial charge is 0.463 e. The van der Waals surface area contributed by atoms with E-state index < -0.39 is 53.5 Å². The fourth-order valence-corrected chi connectivity index (χ4v) is 9.15. The van der Waals surface area contributed by atoms with Crippen LogP contribution in [0, 0.1) is 11.8 Å². The summed E-state index contributed by atoms with van der Waals surface area (Å²) in [6.45, 7) is 9.38. The lowest BCUT2D eigenvalue weighted by Crippen LogP contribution is -2.60. The van der Waals surface area contributed by atoms with Gasteiger partial charge in [0.05, 0.1) is 36.6 Å². The number of allylic oxidation sites excluding steroid dienone is 1. The maximum atomic E-state index is 14.8. The first kappa shape index (κ1) is 35.3. The van der Waals surface area contributed by atoms with E-state index >= 15 is 0 Å². The van der Waals surface area contributed by atoms with Gasteiger partial charge in [0.15, 0.2) is 0 Å². The van der Waals surface area contributed by atoms with Gasteiger partial charge in [-0.25, -0.2) is 0 Å². The van der Waals surface area contributed by atoms with Gasteiger partial charge in [0, 0.05) is 23.8 Å². The fourth-order valence-electron chi connectivity index (χ4n) is 8.20. The van der Waals surface area contributed by atoms with Crippen LogP contribution in [0.15, 0.2) is 55.6 Å². The van der Waals surface area contributed by atoms with Crippen molar-refractivity contribution in [2.75, 3.05) is 19.8 Å². The van der Waals surface area contributed by atoms with Crippen LogP contribution in [0.1, 0.15) is 76.3 Å². The quantitative estimate of drug-likeness (QED) is 0.158. The van der Waals surface area contributed by atoms with Crippen molar-refractivity contribution < 1.29 is 33.8 Å². The molecule has 11 heteroatoms. The van der Waals surface area contributed by atoms with Crippen LogP contribution in [0.2, 0.25) is 0 Å². The molecule has 3 aliphatic heterocycles. The number of alkyl halides is 1. The Morgan fingerprint density at radius 1 is 1.19 bits per heavy atom. The number of nitrogens with one attached hydrogen (secondary N) is 1. The number of likely N-dealkylation sites (tertiary alicyclic amines) is 1. The zero-order valence-electron chi connectivity index (χ0n) is 27.2. The van der Waals surface area contributed by atoms with Crippen LogP contribution in [0.5, 0.6) is 0 Å². The highest BCUT2D eigenvalue weighted by atomic mass is 79.9. The van der Waals surface area contributed by atoms with Crippen molar-refractivity contribution in [3.8, 4) is 0 Å². The van der Waals surface area contributed by atoms with Crippen LogP contribution < -0.4 is 5.32 Å². The van der Waals surface area contributed by atoms with Gasteiger partial charge in [0.1, 0.15) is 18.2 Å². The fraction of sp³-hybridized carbons (Fsp3) is 0.611. The Bertz CT molecular complexity index is 1320. The lowest BCUT2D eigenvalue weighted by Gasteiger charge is -2.42. The maximum absolute atomic E-state index is 14.8. The molecule has 1 spiro atoms. The number of ether oxygens (including phenoxy) is 2. The molecule has 2 N–H and O–H groups in total. The van der Waals surface area contributed by atoms with Crippen molar-refractivity contribution in [1.29, 1.82) is 0 Å². The Balaban J connectivity index is 1.48. The van der Waals surface area contributed by atoms with Gasteiger partial charge in [-0.3, -0.25) is 19.2 Å². The number of hydrogen-bond donors (Lipinski definition) is 2. The molecule has 4 aliphatic rings. The molecule has 3 saturated heterocycles. The van der Waals surface area contributed by atoms with Gasteiger partial charge in [-0.2, -0.15) is 0 Å². The third-order valence-corrected chi connectivity index (χ3v) is 11.3. The van der Waals surface area contributed by atoms with Crippen molar-refractivity contribution in [2.45, 2.75) is 105 Å². The van der Waals surface area contributed by atoms with Crippen LogP contribution in [0.4, 0.5) is 0 Å². The molecule has 47 heavy (non-hydrogen) atoms. The molecule has 3 amide bonds. The van der Waals surface area contributed by atoms with Gasteiger partial charge in [0.2, 0.25) is 17.7 Å². The Kier molecular flexibility index (Phi) is 11.6. The first-order chi connectivity index (χ1) is 22.7. The number of carbonyl (C=O) groups is 4. The summed E-state index contributed by atoms with van der Waals surface area (Å²) in [7, 11) is 0. The Morgan fingerprint density at radius 2 is 1.91 bits per heavy atom. The second kappa shape index (κ2) is 15.5. The molecule has 256 valence electrons. The molecule has 4 fully saturated rings. The van der Waals surface area contributed by atoms with Gasteiger partial charge in [-0.15, -0.1) is 13.2 Å². The van der Waals surface area contributed by atoms with E-state index in [2.05, 4.69) is 34.4 Å². The lowest BCUT2D eigenvalue weighted by atomic mass is 9.70. The summed E-state index contributed by atoms with van der Waals surface area (Å²) in [5.74, 6) is -3.19. The van der Waals surface area contributed by atoms with Crippen LogP contribution >= 0.6 is 15.9 Å². The molecule has 1 unspecified atom stereocenters. The number of amides is 3. The molecule has 2 bridgehead atoms. The van der Waals surface area contributed by atoms with Gasteiger partial charge in [0.25, 0.3) is 0 Å². The highest BCUT2D eigenvalue weighted by molar-refractivity contribution is 9.09. The van der Waals surface area contributed by atoms with Crippen molar-refractivity contribution in [3.63, 3.8) is 0 Å². The molecule has 1 aromatic rings. The highest BCUT2D eigenvalue weighted by Gasteiger charge is 2.77. The van der Waals surface area contributed by atoms with E-state index in [1.807, 2.05) is 42.2 Å². The van der Waals surface area contributed by atoms with Gasteiger partial charge >= 0.3 is 5.97 Å². The predicted molar refractivity (Wildman–Crippen MR) is 180 cm³/mol. The lowest BCUT2D eigenvalue weighted by molar-refractivity contribution is -0.153. The minimum absolute atomic E-state index is 0.0224. The molecule has 3 heterocycles. The third-order valence-electron chi connectivity index (χ3n) is 10.4. The van der Waals surface area contributed by atoms with E-state index in [0.29, 0.717) is 25.8 Å². The number of hydrogen-bond acceptors (Lipinski definition) is 7. The van der Waals surface area contributed by atoms with E-state index in [9.17, 15) is 24.3 Å². The Hall–Kier alpha value is -3.02. The number of aliphatic hydroxyl groups excluding tert-OH is 1. The number of aliphatic hydroxyl groups is 1. The highest BCUT2D eigenvalue weighted by Crippen LogP contribution is 2.60. The summed E-state index contributed by atoms with van der Waals surface area (Å²) in [6, 6.07) is 6.99. The second-order valence-electron chi connectivity index (χ2n) is 13.2. The molecular formula is C36H48BrN3O7. The zero-order valence-corrected chi connectivity index (χ0v) is 28.8. The van der Waals surface area contributed by atoms with E-state index in [4.69, 9.17) is 9.47 Å². The van der Waals surface area contributed by atoms with Crippen LogP contribution in [0.3, 0.4) is 0 Å². The van der Waals surface area contributed by atoms with Gasteiger partial charge in [-0.05, 0) is 37.7 Å². The molecule has 1 aliphatic carbocycles. The van der Waals surface area contributed by atoms with Crippen molar-refractivity contribution in [3.05, 3.63) is 61.2 Å². The van der Waals surface area contributed by atoms with E-state index in [1.54, 1.807) is 12.2 Å². The monoisotopic (exact) mass is 713 g/mol. The Labute approximate surface area is 286 Å². The molecule has 1 saturated carbocycles. The number of fused-ring (bicyclic) bond motifs is 1. The van der Waals surface area contributed by atoms with Crippen molar-refractivity contribution in [2.24, 2.45) is 11.8 Å². The van der Waals surface area contributed by atoms with Crippen LogP contribution in [-0.4, -0.2) is 93.0 Å². The molecular weight excluding hydrogens is 666 g/mol. The van der Waals surface area contributed by atoms with E-state index in [-0.39, 0.29) is 42.3 Å². The average molecular weight is 715 g/mol. The molecule has 5 rings (SSSR count). The normalized spacial score (nSPS) is 29.6. The van der Waals surface area contributed by atoms with Crippen molar-refractivity contribution >= 4 is 39.6 Å². The van der Waals surface area contributed by atoms with Crippen LogP contribution in [0.25, 0.3) is 0 Å². The number of halogens is 1. The number of benzene rings is 1. The minimum atomic E-state index is -1.24. The smallest absolute Gasteiger partial charge is 0.306 e. The first-order valence-electron chi connectivity index (χ1n) is 17.0. The summed E-state index contributed by atoms with van der Waals surface area (Å²) < 4.78 is 12.3. The SMILES string of the molecule is C=CCCC(=O)OC[C@@H](NC(=O)[C@@H]1[C@H]2O[C@@]3(CC2Br)[C@H](C(=O)N(CC=C)C2CCCCC2)N([C@@H](CC)CO)C(=O)[C@@H]13)c1ccccc1. The summed E-state index contributed by atoms with van der Waals surface area (Å²) >= 11 is 3.75. The molecule has 0 radical (unpaired) electrons. The van der Waals surface area contributed by atoms with E-state index in [0.717, 1.165) is 37.7 Å². The predicted octanol–water partition coefficient (Wildman–Crippen LogP) is 4.22. The zero-order chi connectivity index (χ0) is 33.7. The average Bonchev–Trinajstić information content (AvgIpc) is 3.69. The third kappa shape index (κ3) is 6.81. The second-order valence-corrected chi connectivity index (χ2v) is 14.4. The van der Waals surface area contributed by atoms with Crippen molar-refractivity contribution in [1.82, 2.24) is 15.1 Å². The summed E-state index contributed by atoms with van der Waals surface area (Å²) in [4.78, 5) is 59.2. The number of carbonyl (C=O) groups excluding carboxylic acids is 4. The Morgan fingerprint density at radius 3 is 2.55 bits per heavy atom. The minimum Gasteiger partial charge on any atom is -0.463 e. The topological polar surface area (TPSA) is 125 Å². The molecule has 8 atom stereocenters. The van der Waals surface area contributed by atoms with Gasteiger partial charge < -0.3 is 29.7 Å². The summed E-state index contributed by atoms with van der Waals surface area (Å²) in [5.41, 5.74) is -0.497. The molecule has 1 aromatic carbocycles. The first-order valence-corrected chi connectivity index (χ1v) is 17.9.